The standard InChI is InChI=1S/C7H12NO7P/c1-3-14-6(9)5(2)4-15-7(10)8-16(11,12)13/h2-4H2,1H3,(H3,8,10,11,12,13). The molecule has 0 bridgehead atoms. The largest absolute Gasteiger partial charge is 0.463 e. The zero-order valence-corrected chi connectivity index (χ0v) is 9.40. The highest BCUT2D eigenvalue weighted by Gasteiger charge is 2.19. The summed E-state index contributed by atoms with van der Waals surface area (Å²) in [5, 5.41) is 1.26. The summed E-state index contributed by atoms with van der Waals surface area (Å²) in [5.74, 6) is -0.744. The highest BCUT2D eigenvalue weighted by Crippen LogP contribution is 2.27. The fourth-order valence-electron chi connectivity index (χ4n) is 0.596. The Labute approximate surface area is 91.4 Å². The van der Waals surface area contributed by atoms with Crippen LogP contribution >= 0.6 is 7.75 Å². The second kappa shape index (κ2) is 6.26. The van der Waals surface area contributed by atoms with E-state index >= 15 is 0 Å². The van der Waals surface area contributed by atoms with Gasteiger partial charge in [-0.25, -0.2) is 19.2 Å². The van der Waals surface area contributed by atoms with E-state index in [4.69, 9.17) is 9.79 Å². The number of hydrogen-bond acceptors (Lipinski definition) is 5. The first kappa shape index (κ1) is 14.6. The molecule has 1 amide bonds. The second-order valence-corrected chi connectivity index (χ2v) is 3.87. The minimum absolute atomic E-state index is 0.136. The first-order valence-electron chi connectivity index (χ1n) is 4.11. The Bertz CT molecular complexity index is 334. The van der Waals surface area contributed by atoms with E-state index in [1.54, 1.807) is 6.92 Å². The third-order valence-corrected chi connectivity index (χ3v) is 1.65. The summed E-state index contributed by atoms with van der Waals surface area (Å²) in [6.07, 6.45) is -1.35. The van der Waals surface area contributed by atoms with Crippen LogP contribution in [0.5, 0.6) is 0 Å². The molecule has 0 aliphatic rings. The van der Waals surface area contributed by atoms with Crippen LogP contribution in [0, 0.1) is 0 Å². The van der Waals surface area contributed by atoms with Gasteiger partial charge in [0, 0.05) is 0 Å². The summed E-state index contributed by atoms with van der Waals surface area (Å²) in [4.78, 5) is 38.3. The summed E-state index contributed by atoms with van der Waals surface area (Å²) < 4.78 is 19.1. The van der Waals surface area contributed by atoms with Gasteiger partial charge in [0.1, 0.15) is 6.61 Å². The van der Waals surface area contributed by atoms with Gasteiger partial charge in [-0.1, -0.05) is 6.58 Å². The van der Waals surface area contributed by atoms with Crippen molar-refractivity contribution >= 4 is 19.8 Å². The lowest BCUT2D eigenvalue weighted by Crippen LogP contribution is -2.23. The van der Waals surface area contributed by atoms with Crippen molar-refractivity contribution in [2.24, 2.45) is 0 Å². The first-order valence-corrected chi connectivity index (χ1v) is 5.73. The van der Waals surface area contributed by atoms with Crippen LogP contribution in [-0.4, -0.2) is 35.1 Å². The molecule has 9 heteroatoms. The van der Waals surface area contributed by atoms with Crippen LogP contribution in [-0.2, 0) is 18.8 Å². The Kier molecular flexibility index (Phi) is 5.73. The van der Waals surface area contributed by atoms with Crippen molar-refractivity contribution in [3.63, 3.8) is 0 Å². The van der Waals surface area contributed by atoms with E-state index in [1.807, 2.05) is 0 Å². The van der Waals surface area contributed by atoms with E-state index < -0.39 is 26.4 Å². The molecule has 16 heavy (non-hydrogen) atoms. The number of nitrogens with one attached hydrogen (secondary N) is 1. The van der Waals surface area contributed by atoms with Gasteiger partial charge in [-0.05, 0) is 6.92 Å². The smallest absolute Gasteiger partial charge is 0.432 e. The van der Waals surface area contributed by atoms with Crippen LogP contribution in [0.15, 0.2) is 12.2 Å². The molecule has 0 aromatic heterocycles. The van der Waals surface area contributed by atoms with Crippen molar-refractivity contribution in [3.8, 4) is 0 Å². The molecule has 0 saturated carbocycles. The molecule has 3 N–H and O–H groups in total. The normalized spacial score (nSPS) is 10.4. The number of amides is 1. The molecule has 0 rings (SSSR count). The number of rotatable bonds is 5. The lowest BCUT2D eigenvalue weighted by Gasteiger charge is -2.08. The number of esters is 1. The Hall–Kier alpha value is -1.37. The number of ether oxygens (including phenoxy) is 2. The van der Waals surface area contributed by atoms with Crippen LogP contribution in [0.3, 0.4) is 0 Å². The molecule has 0 unspecified atom stereocenters. The number of carbonyl (C=O) groups excluding carboxylic acids is 2. The van der Waals surface area contributed by atoms with Crippen molar-refractivity contribution in [2.75, 3.05) is 13.2 Å². The fraction of sp³-hybridized carbons (Fsp3) is 0.429. The summed E-state index contributed by atoms with van der Waals surface area (Å²) >= 11 is 0. The molecule has 0 atom stereocenters. The molecule has 0 aliphatic carbocycles. The summed E-state index contributed by atoms with van der Waals surface area (Å²) in [6.45, 7) is 4.49. The fourth-order valence-corrected chi connectivity index (χ4v) is 0.898. The van der Waals surface area contributed by atoms with Gasteiger partial charge in [-0.15, -0.1) is 0 Å². The van der Waals surface area contributed by atoms with E-state index in [0.717, 1.165) is 0 Å². The minimum atomic E-state index is -4.69. The average molecular weight is 253 g/mol. The molecule has 0 aromatic rings. The highest BCUT2D eigenvalue weighted by atomic mass is 31.2. The second-order valence-electron chi connectivity index (χ2n) is 2.56. The van der Waals surface area contributed by atoms with Crippen molar-refractivity contribution < 1.29 is 33.4 Å². The maximum atomic E-state index is 11.0. The molecule has 8 nitrogen and oxygen atoms in total. The summed E-state index contributed by atoms with van der Waals surface area (Å²) in [6, 6.07) is 0. The van der Waals surface area contributed by atoms with Gasteiger partial charge in [-0.2, -0.15) is 0 Å². The highest BCUT2D eigenvalue weighted by molar-refractivity contribution is 7.50. The van der Waals surface area contributed by atoms with Crippen molar-refractivity contribution in [3.05, 3.63) is 12.2 Å². The average Bonchev–Trinajstić information content (AvgIpc) is 2.11. The number of carbonyl (C=O) groups is 2. The van der Waals surface area contributed by atoms with Crippen LogP contribution in [0.2, 0.25) is 0 Å². The zero-order chi connectivity index (χ0) is 12.8. The molecule has 0 radical (unpaired) electrons. The van der Waals surface area contributed by atoms with E-state index in [2.05, 4.69) is 16.1 Å². The predicted octanol–water partition coefficient (Wildman–Crippen LogP) is -0.0754. The summed E-state index contributed by atoms with van der Waals surface area (Å²) in [5.41, 5.74) is -0.136. The van der Waals surface area contributed by atoms with Crippen molar-refractivity contribution in [1.82, 2.24) is 5.09 Å². The van der Waals surface area contributed by atoms with Crippen LogP contribution in [0.1, 0.15) is 6.92 Å². The SMILES string of the molecule is C=C(COC(=O)NP(=O)(O)O)C(=O)OCC. The van der Waals surface area contributed by atoms with Gasteiger partial charge >= 0.3 is 19.8 Å². The van der Waals surface area contributed by atoms with Gasteiger partial charge < -0.3 is 19.3 Å². The molecule has 92 valence electrons. The topological polar surface area (TPSA) is 122 Å². The molecule has 0 spiro atoms. The van der Waals surface area contributed by atoms with E-state index in [9.17, 15) is 14.2 Å². The van der Waals surface area contributed by atoms with Gasteiger partial charge in [0.05, 0.1) is 12.2 Å². The lowest BCUT2D eigenvalue weighted by molar-refractivity contribution is -0.138. The molecule has 0 aliphatic heterocycles. The van der Waals surface area contributed by atoms with Gasteiger partial charge in [0.2, 0.25) is 0 Å². The molecule has 0 heterocycles. The van der Waals surface area contributed by atoms with E-state index in [1.165, 1.54) is 5.09 Å². The van der Waals surface area contributed by atoms with Crippen LogP contribution in [0.25, 0.3) is 0 Å². The third kappa shape index (κ3) is 6.99. The predicted molar refractivity (Wildman–Crippen MR) is 52.3 cm³/mol. The Morgan fingerprint density at radius 1 is 1.38 bits per heavy atom. The van der Waals surface area contributed by atoms with Gasteiger partial charge in [0.25, 0.3) is 0 Å². The van der Waals surface area contributed by atoms with Crippen molar-refractivity contribution in [1.29, 1.82) is 0 Å². The van der Waals surface area contributed by atoms with E-state index in [-0.39, 0.29) is 12.2 Å². The maximum Gasteiger partial charge on any atom is 0.432 e. The molecular formula is C7H12NO7P. The van der Waals surface area contributed by atoms with Crippen LogP contribution in [0.4, 0.5) is 4.79 Å². The Balaban J connectivity index is 3.98. The van der Waals surface area contributed by atoms with Crippen molar-refractivity contribution in [2.45, 2.75) is 6.92 Å². The molecule has 0 aromatic carbocycles. The van der Waals surface area contributed by atoms with E-state index in [0.29, 0.717) is 0 Å². The van der Waals surface area contributed by atoms with Gasteiger partial charge in [0.15, 0.2) is 0 Å². The monoisotopic (exact) mass is 253 g/mol. The Morgan fingerprint density at radius 3 is 2.38 bits per heavy atom. The van der Waals surface area contributed by atoms with Gasteiger partial charge in [-0.3, -0.25) is 0 Å². The first-order chi connectivity index (χ1) is 7.26. The number of hydrogen-bond donors (Lipinski definition) is 3. The lowest BCUT2D eigenvalue weighted by atomic mass is 10.3. The summed E-state index contributed by atoms with van der Waals surface area (Å²) in [7, 11) is -4.69. The molecule has 0 fully saturated rings. The molecular weight excluding hydrogens is 241 g/mol. The zero-order valence-electron chi connectivity index (χ0n) is 8.50. The maximum absolute atomic E-state index is 11.0. The Morgan fingerprint density at radius 2 is 1.94 bits per heavy atom. The van der Waals surface area contributed by atoms with Crippen LogP contribution < -0.4 is 5.09 Å². The quantitative estimate of drug-likeness (QED) is 0.356. The molecule has 0 saturated heterocycles. The third-order valence-electron chi connectivity index (χ3n) is 1.18. The minimum Gasteiger partial charge on any atom is -0.463 e.